The SMILES string of the molecule is [N-]=[N+]=Nc1ccc(NC(=O)CCCCCCC(=O)NO)cc1. The fourth-order valence-corrected chi connectivity index (χ4v) is 1.87. The van der Waals surface area contributed by atoms with E-state index < -0.39 is 0 Å². The van der Waals surface area contributed by atoms with Crippen molar-refractivity contribution < 1.29 is 14.8 Å². The molecule has 0 atom stereocenters. The van der Waals surface area contributed by atoms with E-state index in [1.54, 1.807) is 29.7 Å². The van der Waals surface area contributed by atoms with Crippen LogP contribution in [0.25, 0.3) is 10.4 Å². The quantitative estimate of drug-likeness (QED) is 0.161. The van der Waals surface area contributed by atoms with Crippen LogP contribution in [0.4, 0.5) is 11.4 Å². The van der Waals surface area contributed by atoms with Crippen molar-refractivity contribution in [2.45, 2.75) is 38.5 Å². The van der Waals surface area contributed by atoms with Gasteiger partial charge in [0.25, 0.3) is 0 Å². The van der Waals surface area contributed by atoms with E-state index in [1.807, 2.05) is 0 Å². The van der Waals surface area contributed by atoms with Gasteiger partial charge in [-0.2, -0.15) is 0 Å². The number of unbranched alkanes of at least 4 members (excludes halogenated alkanes) is 3. The lowest BCUT2D eigenvalue weighted by Crippen LogP contribution is -2.17. The van der Waals surface area contributed by atoms with Crippen molar-refractivity contribution in [3.63, 3.8) is 0 Å². The normalized spacial score (nSPS) is 9.68. The van der Waals surface area contributed by atoms with E-state index in [9.17, 15) is 9.59 Å². The molecule has 0 saturated carbocycles. The van der Waals surface area contributed by atoms with Gasteiger partial charge in [-0.1, -0.05) is 30.1 Å². The third-order valence-electron chi connectivity index (χ3n) is 2.99. The van der Waals surface area contributed by atoms with Crippen LogP contribution in [0.5, 0.6) is 0 Å². The highest BCUT2D eigenvalue weighted by Gasteiger charge is 2.03. The van der Waals surface area contributed by atoms with Crippen LogP contribution in [-0.4, -0.2) is 17.0 Å². The monoisotopic (exact) mass is 305 g/mol. The van der Waals surface area contributed by atoms with Crippen LogP contribution in [-0.2, 0) is 9.59 Å². The number of nitrogens with one attached hydrogen (secondary N) is 2. The zero-order chi connectivity index (χ0) is 16.2. The topological polar surface area (TPSA) is 127 Å². The molecule has 2 amide bonds. The molecule has 1 rings (SSSR count). The molecule has 0 unspecified atom stereocenters. The number of carbonyl (C=O) groups is 2. The summed E-state index contributed by atoms with van der Waals surface area (Å²) in [5.74, 6) is -0.466. The average molecular weight is 305 g/mol. The minimum absolute atomic E-state index is 0.0790. The summed E-state index contributed by atoms with van der Waals surface area (Å²) in [4.78, 5) is 25.2. The Labute approximate surface area is 128 Å². The first-order valence-electron chi connectivity index (χ1n) is 7.03. The smallest absolute Gasteiger partial charge is 0.243 e. The molecule has 8 heteroatoms. The molecule has 8 nitrogen and oxygen atoms in total. The molecule has 0 aliphatic rings. The first kappa shape index (κ1) is 17.5. The van der Waals surface area contributed by atoms with Gasteiger partial charge in [0.2, 0.25) is 11.8 Å². The van der Waals surface area contributed by atoms with Gasteiger partial charge in [-0.15, -0.1) is 0 Å². The minimum Gasteiger partial charge on any atom is -0.326 e. The first-order chi connectivity index (χ1) is 10.7. The Kier molecular flexibility index (Phi) is 8.10. The highest BCUT2D eigenvalue weighted by Crippen LogP contribution is 2.16. The number of rotatable bonds is 9. The molecule has 0 saturated heterocycles. The predicted octanol–water partition coefficient (Wildman–Crippen LogP) is 3.41. The second-order valence-corrected chi connectivity index (χ2v) is 4.73. The molecular formula is C14H19N5O3. The van der Waals surface area contributed by atoms with E-state index in [4.69, 9.17) is 10.7 Å². The van der Waals surface area contributed by atoms with Gasteiger partial charge in [0.1, 0.15) is 0 Å². The maximum absolute atomic E-state index is 11.7. The Morgan fingerprint density at radius 2 is 1.64 bits per heavy atom. The van der Waals surface area contributed by atoms with E-state index in [0.29, 0.717) is 30.6 Å². The number of benzene rings is 1. The maximum atomic E-state index is 11.7. The van der Waals surface area contributed by atoms with Crippen molar-refractivity contribution in [3.8, 4) is 0 Å². The van der Waals surface area contributed by atoms with Gasteiger partial charge in [0, 0.05) is 29.1 Å². The van der Waals surface area contributed by atoms with E-state index in [2.05, 4.69) is 15.3 Å². The molecule has 0 spiro atoms. The average Bonchev–Trinajstić information content (AvgIpc) is 2.52. The van der Waals surface area contributed by atoms with E-state index in [1.165, 1.54) is 0 Å². The number of hydrogen-bond donors (Lipinski definition) is 3. The van der Waals surface area contributed by atoms with Crippen LogP contribution in [0.3, 0.4) is 0 Å². The third-order valence-corrected chi connectivity index (χ3v) is 2.99. The summed E-state index contributed by atoms with van der Waals surface area (Å²) < 4.78 is 0. The minimum atomic E-state index is -0.387. The Bertz CT molecular complexity index is 538. The van der Waals surface area contributed by atoms with Crippen LogP contribution in [0, 0.1) is 0 Å². The van der Waals surface area contributed by atoms with Gasteiger partial charge < -0.3 is 5.32 Å². The van der Waals surface area contributed by atoms with Crippen molar-refractivity contribution in [1.82, 2.24) is 5.48 Å². The fourth-order valence-electron chi connectivity index (χ4n) is 1.87. The summed E-state index contributed by atoms with van der Waals surface area (Å²) in [6.07, 6.45) is 3.81. The van der Waals surface area contributed by atoms with Gasteiger partial charge in [0.05, 0.1) is 0 Å². The lowest BCUT2D eigenvalue weighted by atomic mass is 10.1. The summed E-state index contributed by atoms with van der Waals surface area (Å²) in [7, 11) is 0. The molecule has 0 radical (unpaired) electrons. The van der Waals surface area contributed by atoms with Crippen molar-refractivity contribution in [1.29, 1.82) is 0 Å². The summed E-state index contributed by atoms with van der Waals surface area (Å²) in [5.41, 5.74) is 11.0. The van der Waals surface area contributed by atoms with Crippen LogP contribution >= 0.6 is 0 Å². The maximum Gasteiger partial charge on any atom is 0.243 e. The molecule has 3 N–H and O–H groups in total. The zero-order valence-corrected chi connectivity index (χ0v) is 12.2. The summed E-state index contributed by atoms with van der Waals surface area (Å²) in [6.45, 7) is 0. The molecular weight excluding hydrogens is 286 g/mol. The molecule has 22 heavy (non-hydrogen) atoms. The second kappa shape index (κ2) is 10.2. The van der Waals surface area contributed by atoms with Crippen LogP contribution < -0.4 is 10.8 Å². The molecule has 0 aliphatic heterocycles. The molecule has 118 valence electrons. The number of nitrogens with zero attached hydrogens (tertiary/aromatic N) is 3. The van der Waals surface area contributed by atoms with Crippen LogP contribution in [0.15, 0.2) is 29.4 Å². The molecule has 0 fully saturated rings. The highest BCUT2D eigenvalue weighted by atomic mass is 16.5. The van der Waals surface area contributed by atoms with Crippen LogP contribution in [0.1, 0.15) is 38.5 Å². The van der Waals surface area contributed by atoms with Crippen molar-refractivity contribution in [3.05, 3.63) is 34.7 Å². The molecule has 0 heterocycles. The molecule has 0 aliphatic carbocycles. The second-order valence-electron chi connectivity index (χ2n) is 4.73. The number of carbonyl (C=O) groups excluding carboxylic acids is 2. The Morgan fingerprint density at radius 3 is 2.18 bits per heavy atom. The standard InChI is InChI=1S/C14H19N5O3/c15-19-17-12-9-7-11(8-10-12)16-13(20)5-3-1-2-4-6-14(21)18-22/h7-10,22H,1-6H2,(H,16,20)(H,18,21). The molecule has 1 aromatic carbocycles. The van der Waals surface area contributed by atoms with E-state index in [-0.39, 0.29) is 11.8 Å². The fraction of sp³-hybridized carbons (Fsp3) is 0.429. The van der Waals surface area contributed by atoms with E-state index >= 15 is 0 Å². The van der Waals surface area contributed by atoms with Gasteiger partial charge >= 0.3 is 0 Å². The van der Waals surface area contributed by atoms with Gasteiger partial charge in [-0.3, -0.25) is 14.8 Å². The largest absolute Gasteiger partial charge is 0.326 e. The zero-order valence-electron chi connectivity index (χ0n) is 12.2. The van der Waals surface area contributed by atoms with Crippen molar-refractivity contribution in [2.75, 3.05) is 5.32 Å². The Morgan fingerprint density at radius 1 is 1.05 bits per heavy atom. The number of anilines is 1. The third kappa shape index (κ3) is 7.28. The summed E-state index contributed by atoms with van der Waals surface area (Å²) >= 11 is 0. The summed E-state index contributed by atoms with van der Waals surface area (Å²) in [6, 6.07) is 6.61. The van der Waals surface area contributed by atoms with Gasteiger partial charge in [-0.25, -0.2) is 5.48 Å². The molecule has 1 aromatic rings. The van der Waals surface area contributed by atoms with Crippen LogP contribution in [0.2, 0.25) is 0 Å². The van der Waals surface area contributed by atoms with Crippen molar-refractivity contribution >= 4 is 23.2 Å². The van der Waals surface area contributed by atoms with E-state index in [0.717, 1.165) is 19.3 Å². The number of azide groups is 1. The van der Waals surface area contributed by atoms with Gasteiger partial charge in [0.15, 0.2) is 0 Å². The highest BCUT2D eigenvalue weighted by molar-refractivity contribution is 5.90. The predicted molar refractivity (Wildman–Crippen MR) is 81.5 cm³/mol. The Hall–Kier alpha value is -2.57. The number of hydrogen-bond acceptors (Lipinski definition) is 4. The lowest BCUT2D eigenvalue weighted by molar-refractivity contribution is -0.129. The Balaban J connectivity index is 2.18. The number of hydroxylamine groups is 1. The van der Waals surface area contributed by atoms with Crippen molar-refractivity contribution in [2.24, 2.45) is 5.11 Å². The lowest BCUT2D eigenvalue weighted by Gasteiger charge is -2.05. The number of amides is 2. The molecule has 0 bridgehead atoms. The first-order valence-corrected chi connectivity index (χ1v) is 7.03. The van der Waals surface area contributed by atoms with Gasteiger partial charge in [-0.05, 0) is 30.5 Å². The summed E-state index contributed by atoms with van der Waals surface area (Å²) in [5, 5.41) is 14.5. The molecule has 0 aromatic heterocycles.